The number of rotatable bonds is 42. The maximum Gasteiger partial charge on any atom is 0.306 e. The van der Waals surface area contributed by atoms with Crippen LogP contribution in [0, 0.1) is 0 Å². The van der Waals surface area contributed by atoms with Crippen molar-refractivity contribution in [1.29, 1.82) is 0 Å². The molecule has 1 unspecified atom stereocenters. The van der Waals surface area contributed by atoms with Gasteiger partial charge in [0, 0.05) is 19.3 Å². The zero-order valence-electron chi connectivity index (χ0n) is 40.0. The van der Waals surface area contributed by atoms with Crippen molar-refractivity contribution in [2.75, 3.05) is 13.2 Å². The smallest absolute Gasteiger partial charge is 0.306 e. The minimum absolute atomic E-state index is 0.146. The van der Waals surface area contributed by atoms with E-state index in [4.69, 9.17) is 14.2 Å². The third-order valence-electron chi connectivity index (χ3n) is 9.75. The quantitative estimate of drug-likeness (QED) is 0.0200. The van der Waals surface area contributed by atoms with E-state index < -0.39 is 6.10 Å². The van der Waals surface area contributed by atoms with Crippen LogP contribution in [-0.4, -0.2) is 37.2 Å². The maximum absolute atomic E-state index is 12.8. The predicted octanol–water partition coefficient (Wildman–Crippen LogP) is 16.3. The Kier molecular flexibility index (Phi) is 46.7. The van der Waals surface area contributed by atoms with Crippen LogP contribution in [0.4, 0.5) is 0 Å². The molecule has 0 spiro atoms. The highest BCUT2D eigenvalue weighted by Crippen LogP contribution is 2.10. The zero-order valence-corrected chi connectivity index (χ0v) is 40.0. The largest absolute Gasteiger partial charge is 0.462 e. The first-order chi connectivity index (χ1) is 31.0. The Balaban J connectivity index is 4.65. The number of carbonyl (C=O) groups is 3. The topological polar surface area (TPSA) is 78.9 Å². The number of unbranched alkanes of at least 4 members (excludes halogenated alkanes) is 13. The van der Waals surface area contributed by atoms with E-state index >= 15 is 0 Å². The van der Waals surface area contributed by atoms with Gasteiger partial charge in [0.25, 0.3) is 0 Å². The molecule has 6 nitrogen and oxygen atoms in total. The molecule has 0 saturated heterocycles. The molecule has 0 heterocycles. The molecule has 0 fully saturated rings. The van der Waals surface area contributed by atoms with Gasteiger partial charge in [-0.25, -0.2) is 0 Å². The first kappa shape index (κ1) is 58.6. The highest BCUT2D eigenvalue weighted by Gasteiger charge is 2.19. The van der Waals surface area contributed by atoms with Crippen molar-refractivity contribution in [3.8, 4) is 0 Å². The first-order valence-corrected chi connectivity index (χ1v) is 24.8. The summed E-state index contributed by atoms with van der Waals surface area (Å²) in [5.41, 5.74) is 0. The molecular formula is C57H88O6. The molecule has 0 rings (SSSR count). The average molecular weight is 869 g/mol. The van der Waals surface area contributed by atoms with Crippen LogP contribution >= 0.6 is 0 Å². The lowest BCUT2D eigenvalue weighted by atomic mass is 10.1. The summed E-state index contributed by atoms with van der Waals surface area (Å²) >= 11 is 0. The van der Waals surface area contributed by atoms with E-state index in [9.17, 15) is 14.4 Å². The number of hydrogen-bond donors (Lipinski definition) is 0. The summed E-state index contributed by atoms with van der Waals surface area (Å²) in [5.74, 6) is -1.12. The van der Waals surface area contributed by atoms with Crippen LogP contribution in [0.2, 0.25) is 0 Å². The Hall–Kier alpha value is -4.45. The summed E-state index contributed by atoms with van der Waals surface area (Å²) in [5, 5.41) is 0. The van der Waals surface area contributed by atoms with E-state index in [0.717, 1.165) is 64.2 Å². The predicted molar refractivity (Wildman–Crippen MR) is 269 cm³/mol. The summed E-state index contributed by atoms with van der Waals surface area (Å²) in [6, 6.07) is 0. The Morgan fingerprint density at radius 2 is 0.730 bits per heavy atom. The van der Waals surface area contributed by atoms with Crippen LogP contribution in [-0.2, 0) is 28.6 Å². The Morgan fingerprint density at radius 1 is 0.349 bits per heavy atom. The van der Waals surface area contributed by atoms with Crippen LogP contribution in [0.3, 0.4) is 0 Å². The van der Waals surface area contributed by atoms with Gasteiger partial charge in [0.05, 0.1) is 0 Å². The molecular weight excluding hydrogens is 781 g/mol. The number of hydrogen-bond acceptors (Lipinski definition) is 6. The number of esters is 3. The molecule has 0 aliphatic rings. The van der Waals surface area contributed by atoms with Crippen molar-refractivity contribution in [3.63, 3.8) is 0 Å². The van der Waals surface area contributed by atoms with Crippen molar-refractivity contribution in [3.05, 3.63) is 134 Å². The van der Waals surface area contributed by atoms with Gasteiger partial charge in [-0.15, -0.1) is 0 Å². The second-order valence-electron chi connectivity index (χ2n) is 15.8. The standard InChI is InChI=1S/C57H88O6/c1-4-7-10-13-16-19-22-25-27-28-30-32-35-38-41-44-47-50-56(59)62-53-54(52-61-55(58)49-46-43-40-37-34-31-24-21-18-15-12-9-6-3)63-57(60)51-48-45-42-39-36-33-29-26-23-20-17-14-11-8-5-2/h8,11,14,16-17,19-20,23,25-27,29-34,36,38,40-41,43,54H,4-7,9-10,12-13,15,18,21-22,24,28,35,37,39,42,44-53H2,1-3H3/b11-8-,17-14-,19-16-,23-20-,27-25-,29-26-,32-30-,34-31-,36-33-,41-38-,43-40-. The van der Waals surface area contributed by atoms with E-state index in [1.54, 1.807) is 0 Å². The van der Waals surface area contributed by atoms with Crippen molar-refractivity contribution >= 4 is 17.9 Å². The molecule has 1 atom stereocenters. The van der Waals surface area contributed by atoms with Crippen LogP contribution < -0.4 is 0 Å². The Morgan fingerprint density at radius 3 is 1.29 bits per heavy atom. The number of allylic oxidation sites excluding steroid dienone is 22. The lowest BCUT2D eigenvalue weighted by Crippen LogP contribution is -2.30. The lowest BCUT2D eigenvalue weighted by Gasteiger charge is -2.18. The average Bonchev–Trinajstić information content (AvgIpc) is 3.28. The third kappa shape index (κ3) is 48.4. The maximum atomic E-state index is 12.8. The van der Waals surface area contributed by atoms with Gasteiger partial charge in [-0.1, -0.05) is 206 Å². The number of carbonyl (C=O) groups excluding carboxylic acids is 3. The van der Waals surface area contributed by atoms with Crippen molar-refractivity contribution in [2.24, 2.45) is 0 Å². The van der Waals surface area contributed by atoms with Crippen LogP contribution in [0.25, 0.3) is 0 Å². The van der Waals surface area contributed by atoms with Gasteiger partial charge in [-0.05, 0) is 96.3 Å². The van der Waals surface area contributed by atoms with Crippen molar-refractivity contribution in [2.45, 2.75) is 194 Å². The van der Waals surface area contributed by atoms with Gasteiger partial charge in [0.1, 0.15) is 13.2 Å². The first-order valence-electron chi connectivity index (χ1n) is 24.8. The molecule has 0 aromatic heterocycles. The van der Waals surface area contributed by atoms with Gasteiger partial charge in [0.2, 0.25) is 0 Å². The summed E-state index contributed by atoms with van der Waals surface area (Å²) in [7, 11) is 0. The second kappa shape index (κ2) is 50.2. The Labute approximate surface area is 385 Å². The second-order valence-corrected chi connectivity index (χ2v) is 15.8. The molecule has 0 aliphatic carbocycles. The molecule has 6 heteroatoms. The Bertz CT molecular complexity index is 1420. The molecule has 0 saturated carbocycles. The van der Waals surface area contributed by atoms with E-state index in [1.807, 2.05) is 54.7 Å². The molecule has 352 valence electrons. The summed E-state index contributed by atoms with van der Waals surface area (Å²) in [6.45, 7) is 6.29. The fourth-order valence-electron chi connectivity index (χ4n) is 6.04. The molecule has 0 bridgehead atoms. The van der Waals surface area contributed by atoms with Crippen LogP contribution in [0.15, 0.2) is 134 Å². The summed E-state index contributed by atoms with van der Waals surface area (Å²) in [6.07, 6.45) is 70.2. The van der Waals surface area contributed by atoms with Crippen LogP contribution in [0.5, 0.6) is 0 Å². The minimum atomic E-state index is -0.849. The summed E-state index contributed by atoms with van der Waals surface area (Å²) < 4.78 is 16.6. The molecule has 0 amide bonds. The molecule has 0 radical (unpaired) electrons. The fourth-order valence-corrected chi connectivity index (χ4v) is 6.04. The van der Waals surface area contributed by atoms with Gasteiger partial charge in [0.15, 0.2) is 6.10 Å². The van der Waals surface area contributed by atoms with Crippen molar-refractivity contribution < 1.29 is 28.6 Å². The van der Waals surface area contributed by atoms with Gasteiger partial charge in [-0.3, -0.25) is 14.4 Å². The highest BCUT2D eigenvalue weighted by atomic mass is 16.6. The van der Waals surface area contributed by atoms with Crippen LogP contribution in [0.1, 0.15) is 188 Å². The van der Waals surface area contributed by atoms with E-state index in [2.05, 4.69) is 99.8 Å². The van der Waals surface area contributed by atoms with Gasteiger partial charge < -0.3 is 14.2 Å². The minimum Gasteiger partial charge on any atom is -0.462 e. The molecule has 0 aromatic rings. The molecule has 0 aliphatic heterocycles. The zero-order chi connectivity index (χ0) is 45.8. The summed E-state index contributed by atoms with van der Waals surface area (Å²) in [4.78, 5) is 37.9. The van der Waals surface area contributed by atoms with E-state index in [-0.39, 0.29) is 50.4 Å². The monoisotopic (exact) mass is 869 g/mol. The SMILES string of the molecule is CC\C=C/C=C\C=C/C=C\C=C/CCCCCC(=O)OC(COC(=O)CC/C=C\C/C=C\CCCCCCCC)COC(=O)CCC/C=C\C/C=C\C/C=C\C/C=C\CCCCC. The lowest BCUT2D eigenvalue weighted by molar-refractivity contribution is -0.166. The highest BCUT2D eigenvalue weighted by molar-refractivity contribution is 5.71. The fraction of sp³-hybridized carbons (Fsp3) is 0.561. The third-order valence-corrected chi connectivity index (χ3v) is 9.75. The van der Waals surface area contributed by atoms with E-state index in [0.29, 0.717) is 19.3 Å². The normalized spacial score (nSPS) is 13.3. The molecule has 63 heavy (non-hydrogen) atoms. The van der Waals surface area contributed by atoms with Crippen molar-refractivity contribution in [1.82, 2.24) is 0 Å². The van der Waals surface area contributed by atoms with Gasteiger partial charge in [-0.2, -0.15) is 0 Å². The molecule has 0 N–H and O–H groups in total. The molecule has 0 aromatic carbocycles. The van der Waals surface area contributed by atoms with E-state index in [1.165, 1.54) is 64.2 Å². The number of ether oxygens (including phenoxy) is 3. The van der Waals surface area contributed by atoms with Gasteiger partial charge >= 0.3 is 17.9 Å².